The van der Waals surface area contributed by atoms with Crippen LogP contribution in [0.15, 0.2) is 18.2 Å². The summed E-state index contributed by atoms with van der Waals surface area (Å²) in [5.74, 6) is 0.197. The van der Waals surface area contributed by atoms with Crippen molar-refractivity contribution >= 4 is 0 Å². The predicted molar refractivity (Wildman–Crippen MR) is 60.7 cm³/mol. The first-order valence-corrected chi connectivity index (χ1v) is 6.04. The molecule has 0 radical (unpaired) electrons. The Morgan fingerprint density at radius 3 is 2.76 bits per heavy atom. The average Bonchev–Trinajstić information content (AvgIpc) is 2.77. The molecule has 4 heteroatoms. The molecule has 3 nitrogen and oxygen atoms in total. The highest BCUT2D eigenvalue weighted by Crippen LogP contribution is 2.25. The Bertz CT molecular complexity index is 404. The SMILES string of the molecule is Fc1ccc2c(c1)COC(C1CCNC1)OC2. The van der Waals surface area contributed by atoms with Crippen LogP contribution < -0.4 is 5.32 Å². The van der Waals surface area contributed by atoms with Gasteiger partial charge in [-0.15, -0.1) is 0 Å². The molecule has 2 aliphatic rings. The van der Waals surface area contributed by atoms with Gasteiger partial charge in [-0.3, -0.25) is 0 Å². The van der Waals surface area contributed by atoms with Crippen LogP contribution in [0, 0.1) is 11.7 Å². The van der Waals surface area contributed by atoms with Crippen LogP contribution in [0.4, 0.5) is 4.39 Å². The summed E-state index contributed by atoms with van der Waals surface area (Å²) in [6.45, 7) is 2.91. The maximum Gasteiger partial charge on any atom is 0.162 e. The fraction of sp³-hybridized carbons (Fsp3) is 0.538. The minimum absolute atomic E-state index is 0.166. The molecule has 0 aliphatic carbocycles. The molecular formula is C13H16FNO2. The van der Waals surface area contributed by atoms with Gasteiger partial charge in [0.2, 0.25) is 0 Å². The first-order valence-electron chi connectivity index (χ1n) is 6.04. The second-order valence-electron chi connectivity index (χ2n) is 4.66. The number of ether oxygens (including phenoxy) is 2. The van der Waals surface area contributed by atoms with Crippen molar-refractivity contribution in [3.05, 3.63) is 35.1 Å². The molecule has 3 rings (SSSR count). The van der Waals surface area contributed by atoms with E-state index in [4.69, 9.17) is 9.47 Å². The monoisotopic (exact) mass is 237 g/mol. The highest BCUT2D eigenvalue weighted by molar-refractivity contribution is 5.27. The predicted octanol–water partition coefficient (Wildman–Crippen LogP) is 1.81. The molecule has 0 aromatic heterocycles. The van der Waals surface area contributed by atoms with E-state index in [9.17, 15) is 4.39 Å². The maximum atomic E-state index is 13.1. The van der Waals surface area contributed by atoms with E-state index in [2.05, 4.69) is 5.32 Å². The van der Waals surface area contributed by atoms with Crippen molar-refractivity contribution in [3.63, 3.8) is 0 Å². The summed E-state index contributed by atoms with van der Waals surface area (Å²) in [6.07, 6.45) is 0.913. The van der Waals surface area contributed by atoms with E-state index in [1.54, 1.807) is 6.07 Å². The van der Waals surface area contributed by atoms with Crippen LogP contribution in [0.3, 0.4) is 0 Å². The maximum absolute atomic E-state index is 13.1. The second kappa shape index (κ2) is 4.72. The van der Waals surface area contributed by atoms with Crippen molar-refractivity contribution in [1.29, 1.82) is 0 Å². The lowest BCUT2D eigenvalue weighted by molar-refractivity contribution is -0.174. The summed E-state index contributed by atoms with van der Waals surface area (Å²) in [6, 6.07) is 4.79. The fourth-order valence-corrected chi connectivity index (χ4v) is 2.44. The minimum atomic E-state index is -0.215. The topological polar surface area (TPSA) is 30.5 Å². The Hall–Kier alpha value is -0.970. The molecule has 1 aromatic carbocycles. The zero-order chi connectivity index (χ0) is 11.7. The Morgan fingerprint density at radius 1 is 1.18 bits per heavy atom. The summed E-state index contributed by atoms with van der Waals surface area (Å²) < 4.78 is 24.6. The van der Waals surface area contributed by atoms with E-state index in [0.29, 0.717) is 19.1 Å². The van der Waals surface area contributed by atoms with Crippen LogP contribution in [-0.4, -0.2) is 19.4 Å². The van der Waals surface area contributed by atoms with Gasteiger partial charge in [-0.1, -0.05) is 6.07 Å². The quantitative estimate of drug-likeness (QED) is 0.808. The Balaban J connectivity index is 1.74. The molecule has 0 bridgehead atoms. The highest BCUT2D eigenvalue weighted by atomic mass is 19.1. The van der Waals surface area contributed by atoms with Gasteiger partial charge >= 0.3 is 0 Å². The van der Waals surface area contributed by atoms with Gasteiger partial charge in [-0.2, -0.15) is 0 Å². The fourth-order valence-electron chi connectivity index (χ4n) is 2.44. The molecule has 17 heavy (non-hydrogen) atoms. The largest absolute Gasteiger partial charge is 0.348 e. The van der Waals surface area contributed by atoms with Crippen molar-refractivity contribution in [1.82, 2.24) is 5.32 Å². The molecule has 2 heterocycles. The summed E-state index contributed by atoms with van der Waals surface area (Å²) in [5, 5.41) is 3.30. The van der Waals surface area contributed by atoms with Crippen molar-refractivity contribution in [2.24, 2.45) is 5.92 Å². The molecule has 2 unspecified atom stereocenters. The van der Waals surface area contributed by atoms with Crippen LogP contribution in [0.25, 0.3) is 0 Å². The van der Waals surface area contributed by atoms with Crippen molar-refractivity contribution in [2.45, 2.75) is 25.9 Å². The van der Waals surface area contributed by atoms with E-state index < -0.39 is 0 Å². The second-order valence-corrected chi connectivity index (χ2v) is 4.66. The van der Waals surface area contributed by atoms with Crippen molar-refractivity contribution in [3.8, 4) is 0 Å². The van der Waals surface area contributed by atoms with E-state index >= 15 is 0 Å². The summed E-state index contributed by atoms with van der Waals surface area (Å²) >= 11 is 0. The zero-order valence-electron chi connectivity index (χ0n) is 9.62. The first-order chi connectivity index (χ1) is 8.33. The first kappa shape index (κ1) is 11.1. The molecule has 2 aliphatic heterocycles. The highest BCUT2D eigenvalue weighted by Gasteiger charge is 2.28. The summed E-state index contributed by atoms with van der Waals surface area (Å²) in [5.41, 5.74) is 1.93. The average molecular weight is 237 g/mol. The lowest BCUT2D eigenvalue weighted by atomic mass is 10.1. The molecule has 0 spiro atoms. The van der Waals surface area contributed by atoms with Gasteiger partial charge in [-0.25, -0.2) is 4.39 Å². The van der Waals surface area contributed by atoms with Gasteiger partial charge in [0, 0.05) is 12.5 Å². The van der Waals surface area contributed by atoms with Crippen molar-refractivity contribution in [2.75, 3.05) is 13.1 Å². The van der Waals surface area contributed by atoms with Crippen LogP contribution in [0.2, 0.25) is 0 Å². The number of hydrogen-bond acceptors (Lipinski definition) is 3. The molecule has 1 N–H and O–H groups in total. The molecule has 1 aromatic rings. The number of fused-ring (bicyclic) bond motifs is 1. The number of rotatable bonds is 1. The van der Waals surface area contributed by atoms with Gasteiger partial charge < -0.3 is 14.8 Å². The van der Waals surface area contributed by atoms with E-state index in [1.165, 1.54) is 12.1 Å². The van der Waals surface area contributed by atoms with Crippen LogP contribution in [-0.2, 0) is 22.7 Å². The zero-order valence-corrected chi connectivity index (χ0v) is 9.62. The lowest BCUT2D eigenvalue weighted by Crippen LogP contribution is -2.27. The third-order valence-corrected chi connectivity index (χ3v) is 3.46. The molecule has 92 valence electrons. The number of benzene rings is 1. The molecule has 0 amide bonds. The molecule has 2 atom stereocenters. The smallest absolute Gasteiger partial charge is 0.162 e. The van der Waals surface area contributed by atoms with Gasteiger partial charge in [0.05, 0.1) is 13.2 Å². The molecular weight excluding hydrogens is 221 g/mol. The number of hydrogen-bond donors (Lipinski definition) is 1. The lowest BCUT2D eigenvalue weighted by Gasteiger charge is -2.20. The summed E-state index contributed by atoms with van der Waals surface area (Å²) in [7, 11) is 0. The van der Waals surface area contributed by atoms with Crippen molar-refractivity contribution < 1.29 is 13.9 Å². The third kappa shape index (κ3) is 2.34. The van der Waals surface area contributed by atoms with Crippen LogP contribution >= 0.6 is 0 Å². The summed E-state index contributed by atoms with van der Waals surface area (Å²) in [4.78, 5) is 0. The van der Waals surface area contributed by atoms with Gasteiger partial charge in [-0.05, 0) is 36.2 Å². The van der Waals surface area contributed by atoms with Gasteiger partial charge in [0.1, 0.15) is 5.82 Å². The normalized spacial score (nSPS) is 28.8. The Morgan fingerprint density at radius 2 is 2.00 bits per heavy atom. The van der Waals surface area contributed by atoms with E-state index in [0.717, 1.165) is 30.6 Å². The van der Waals surface area contributed by atoms with Gasteiger partial charge in [0.15, 0.2) is 6.29 Å². The minimum Gasteiger partial charge on any atom is -0.348 e. The standard InChI is InChI=1S/C13H16FNO2/c14-12-2-1-10-7-16-13(9-3-4-15-6-9)17-8-11(10)5-12/h1-2,5,9,13,15H,3-4,6-8H2. The van der Waals surface area contributed by atoms with Crippen LogP contribution in [0.1, 0.15) is 17.5 Å². The van der Waals surface area contributed by atoms with Crippen LogP contribution in [0.5, 0.6) is 0 Å². The molecule has 1 saturated heterocycles. The number of nitrogens with one attached hydrogen (secondary N) is 1. The van der Waals surface area contributed by atoms with E-state index in [-0.39, 0.29) is 12.1 Å². The van der Waals surface area contributed by atoms with E-state index in [1.807, 2.05) is 0 Å². The molecule has 0 saturated carbocycles. The Labute approximate surface area is 99.9 Å². The Kier molecular flexibility index (Phi) is 3.09. The van der Waals surface area contributed by atoms with Gasteiger partial charge in [0.25, 0.3) is 0 Å². The molecule has 1 fully saturated rings. The third-order valence-electron chi connectivity index (χ3n) is 3.46. The number of halogens is 1.